The first kappa shape index (κ1) is 29.9. The van der Waals surface area contributed by atoms with E-state index >= 15 is 0 Å². The lowest BCUT2D eigenvalue weighted by Crippen LogP contribution is -2.09. The summed E-state index contributed by atoms with van der Waals surface area (Å²) in [5.74, 6) is 1.23. The van der Waals surface area contributed by atoms with E-state index < -0.39 is 20.2 Å². The van der Waals surface area contributed by atoms with Gasteiger partial charge in [0.15, 0.2) is 11.5 Å². The number of methoxy groups -OCH3 is 2. The zero-order valence-electron chi connectivity index (χ0n) is 22.7. The largest absolute Gasteiger partial charge is 0.496 e. The molecule has 0 aromatic heterocycles. The summed E-state index contributed by atoms with van der Waals surface area (Å²) in [7, 11) is -4.83. The summed E-state index contributed by atoms with van der Waals surface area (Å²) in [6.07, 6.45) is 2.61. The second kappa shape index (κ2) is 12.0. The van der Waals surface area contributed by atoms with Crippen molar-refractivity contribution in [2.24, 2.45) is 0 Å². The van der Waals surface area contributed by atoms with E-state index in [-0.39, 0.29) is 17.2 Å². The van der Waals surface area contributed by atoms with Gasteiger partial charge in [0.05, 0.1) is 38.9 Å². The topological polar surface area (TPSA) is 114 Å². The van der Waals surface area contributed by atoms with Gasteiger partial charge in [-0.25, -0.2) is 0 Å². The quantitative estimate of drug-likeness (QED) is 0.207. The van der Waals surface area contributed by atoms with Crippen LogP contribution in [0.25, 0.3) is 22.3 Å². The van der Waals surface area contributed by atoms with Gasteiger partial charge in [-0.1, -0.05) is 23.8 Å². The molecule has 0 aliphatic carbocycles. The number of rotatable bonds is 12. The highest BCUT2D eigenvalue weighted by Gasteiger charge is 2.26. The van der Waals surface area contributed by atoms with Crippen molar-refractivity contribution in [3.63, 3.8) is 0 Å². The molecular weight excluding hydrogens is 544 g/mol. The zero-order chi connectivity index (χ0) is 29.0. The van der Waals surface area contributed by atoms with Gasteiger partial charge in [-0.15, -0.1) is 6.58 Å². The van der Waals surface area contributed by atoms with Crippen molar-refractivity contribution in [2.45, 2.75) is 20.3 Å². The van der Waals surface area contributed by atoms with E-state index in [1.165, 1.54) is 26.4 Å². The minimum Gasteiger partial charge on any atom is -0.496 e. The molecular formula is C28H32O9S2. The molecule has 0 unspecified atom stereocenters. The van der Waals surface area contributed by atoms with Crippen LogP contribution < -0.4 is 22.6 Å². The van der Waals surface area contributed by atoms with Crippen molar-refractivity contribution in [1.82, 2.24) is 0 Å². The Bertz CT molecular complexity index is 1570. The van der Waals surface area contributed by atoms with Crippen LogP contribution in [0.2, 0.25) is 0 Å². The summed E-state index contributed by atoms with van der Waals surface area (Å²) in [6.45, 7) is 8.19. The van der Waals surface area contributed by atoms with Crippen LogP contribution in [0.15, 0.2) is 60.7 Å². The Balaban J connectivity index is 2.19. The maximum atomic E-state index is 12.4. The lowest BCUT2D eigenvalue weighted by molar-refractivity contribution is 0.319. The second-order valence-electron chi connectivity index (χ2n) is 9.00. The van der Waals surface area contributed by atoms with Gasteiger partial charge in [0.1, 0.15) is 17.2 Å². The number of hydrogen-bond donors (Lipinski definition) is 0. The van der Waals surface area contributed by atoms with Gasteiger partial charge >= 0.3 is 20.2 Å². The summed E-state index contributed by atoms with van der Waals surface area (Å²) >= 11 is 0. The fraction of sp³-hybridized carbons (Fsp3) is 0.286. The van der Waals surface area contributed by atoms with Gasteiger partial charge in [0.25, 0.3) is 0 Å². The molecule has 0 bridgehead atoms. The summed E-state index contributed by atoms with van der Waals surface area (Å²) in [4.78, 5) is 0. The first-order valence-corrected chi connectivity index (χ1v) is 15.4. The normalized spacial score (nSPS) is 11.5. The van der Waals surface area contributed by atoms with Crippen LogP contribution in [0.4, 0.5) is 0 Å². The van der Waals surface area contributed by atoms with E-state index in [0.29, 0.717) is 40.4 Å². The fourth-order valence-electron chi connectivity index (χ4n) is 3.87. The van der Waals surface area contributed by atoms with E-state index in [4.69, 9.17) is 22.6 Å². The SMILES string of the molecule is C=C(C)CCOc1ccc(-c2c(OC)cc(-c3ccc(OS(C)(=O)=O)cc3)c(OC)c2OS(C)(=O)=O)cc1C. The molecule has 0 aliphatic rings. The van der Waals surface area contributed by atoms with Crippen molar-refractivity contribution < 1.29 is 39.4 Å². The Morgan fingerprint density at radius 3 is 1.92 bits per heavy atom. The summed E-state index contributed by atoms with van der Waals surface area (Å²) in [5, 5.41) is 0. The Kier molecular flexibility index (Phi) is 9.18. The highest BCUT2D eigenvalue weighted by Crippen LogP contribution is 2.51. The van der Waals surface area contributed by atoms with Crippen molar-refractivity contribution in [1.29, 1.82) is 0 Å². The van der Waals surface area contributed by atoms with Gasteiger partial charge in [-0.05, 0) is 60.9 Å². The van der Waals surface area contributed by atoms with Crippen molar-refractivity contribution >= 4 is 20.2 Å². The maximum Gasteiger partial charge on any atom is 0.306 e. The molecule has 0 radical (unpaired) electrons. The predicted octanol–water partition coefficient (Wildman–Crippen LogP) is 5.37. The number of aryl methyl sites for hydroxylation is 1. The van der Waals surface area contributed by atoms with E-state index in [2.05, 4.69) is 6.58 Å². The number of ether oxygens (including phenoxy) is 3. The maximum absolute atomic E-state index is 12.4. The smallest absolute Gasteiger partial charge is 0.306 e. The van der Waals surface area contributed by atoms with E-state index in [0.717, 1.165) is 30.1 Å². The zero-order valence-corrected chi connectivity index (χ0v) is 24.4. The van der Waals surface area contributed by atoms with Crippen LogP contribution >= 0.6 is 0 Å². The Hall–Kier alpha value is -3.70. The molecule has 0 saturated heterocycles. The molecule has 3 rings (SSSR count). The van der Waals surface area contributed by atoms with Gasteiger partial charge < -0.3 is 22.6 Å². The molecule has 0 saturated carbocycles. The van der Waals surface area contributed by atoms with Crippen LogP contribution in [0, 0.1) is 6.92 Å². The van der Waals surface area contributed by atoms with Gasteiger partial charge in [0.2, 0.25) is 0 Å². The highest BCUT2D eigenvalue weighted by molar-refractivity contribution is 7.86. The van der Waals surface area contributed by atoms with E-state index in [1.54, 1.807) is 30.3 Å². The molecule has 3 aromatic rings. The fourth-order valence-corrected chi connectivity index (χ4v) is 4.79. The van der Waals surface area contributed by atoms with Gasteiger partial charge in [-0.3, -0.25) is 0 Å². The summed E-state index contributed by atoms with van der Waals surface area (Å²) < 4.78 is 75.3. The minimum absolute atomic E-state index is 0.0545. The molecule has 0 heterocycles. The molecule has 3 aromatic carbocycles. The lowest BCUT2D eigenvalue weighted by Gasteiger charge is -2.21. The van der Waals surface area contributed by atoms with Gasteiger partial charge in [0, 0.05) is 12.0 Å². The van der Waals surface area contributed by atoms with Crippen molar-refractivity contribution in [3.05, 3.63) is 66.2 Å². The predicted molar refractivity (Wildman–Crippen MR) is 151 cm³/mol. The minimum atomic E-state index is -3.98. The highest BCUT2D eigenvalue weighted by atomic mass is 32.2. The first-order valence-electron chi connectivity index (χ1n) is 11.8. The summed E-state index contributed by atoms with van der Waals surface area (Å²) in [5.41, 5.74) is 3.87. The molecule has 0 fully saturated rings. The summed E-state index contributed by atoms with van der Waals surface area (Å²) in [6, 6.07) is 13.3. The lowest BCUT2D eigenvalue weighted by atomic mass is 9.95. The molecule has 0 spiro atoms. The molecule has 9 nitrogen and oxygen atoms in total. The number of hydrogen-bond acceptors (Lipinski definition) is 9. The van der Waals surface area contributed by atoms with Crippen LogP contribution in [0.1, 0.15) is 18.9 Å². The Morgan fingerprint density at radius 1 is 0.795 bits per heavy atom. The molecule has 210 valence electrons. The van der Waals surface area contributed by atoms with Crippen LogP contribution in [-0.2, 0) is 20.2 Å². The number of benzene rings is 3. The standard InChI is InChI=1S/C28H32O9S2/c1-18(2)14-15-35-24-13-10-21(16-19(24)3)26-25(33-4)17-23(27(34-5)28(26)37-39(7,31)32)20-8-11-22(12-9-20)36-38(6,29)30/h8-13,16-17H,1,14-15H2,2-7H3. The molecule has 0 atom stereocenters. The second-order valence-corrected chi connectivity index (χ2v) is 12.1. The van der Waals surface area contributed by atoms with Crippen molar-refractivity contribution in [2.75, 3.05) is 33.3 Å². The third-order valence-electron chi connectivity index (χ3n) is 5.52. The van der Waals surface area contributed by atoms with Crippen LogP contribution in [0.5, 0.6) is 28.7 Å². The van der Waals surface area contributed by atoms with Crippen LogP contribution in [0.3, 0.4) is 0 Å². The monoisotopic (exact) mass is 576 g/mol. The molecule has 39 heavy (non-hydrogen) atoms. The average molecular weight is 577 g/mol. The third-order valence-corrected chi connectivity index (χ3v) is 6.49. The van der Waals surface area contributed by atoms with Crippen molar-refractivity contribution in [3.8, 4) is 51.0 Å². The van der Waals surface area contributed by atoms with E-state index in [1.807, 2.05) is 19.9 Å². The molecule has 11 heteroatoms. The van der Waals surface area contributed by atoms with Gasteiger partial charge in [-0.2, -0.15) is 16.8 Å². The average Bonchev–Trinajstić information content (AvgIpc) is 2.82. The third kappa shape index (κ3) is 7.90. The molecule has 0 amide bonds. The molecule has 0 N–H and O–H groups in total. The van der Waals surface area contributed by atoms with E-state index in [9.17, 15) is 16.8 Å². The Morgan fingerprint density at radius 2 is 1.41 bits per heavy atom. The Labute approximate surface area is 230 Å². The van der Waals surface area contributed by atoms with Crippen LogP contribution in [-0.4, -0.2) is 50.2 Å². The first-order chi connectivity index (χ1) is 18.2. The molecule has 0 aliphatic heterocycles.